The van der Waals surface area contributed by atoms with E-state index in [-0.39, 0.29) is 18.2 Å². The molecule has 0 saturated carbocycles. The third kappa shape index (κ3) is 5.04. The molecule has 4 heterocycles. The number of carbonyl (C=O) groups is 2. The Bertz CT molecular complexity index is 1470. The molecular formula is C30H32N6O2. The van der Waals surface area contributed by atoms with Crippen LogP contribution in [-0.2, 0) is 30.7 Å². The predicted molar refractivity (Wildman–Crippen MR) is 146 cm³/mol. The van der Waals surface area contributed by atoms with Crippen LogP contribution in [0.4, 0.5) is 0 Å². The van der Waals surface area contributed by atoms with Crippen molar-refractivity contribution < 1.29 is 9.59 Å². The lowest BCUT2D eigenvalue weighted by Gasteiger charge is -2.35. The number of rotatable bonds is 5. The summed E-state index contributed by atoms with van der Waals surface area (Å²) in [5.41, 5.74) is 7.17. The van der Waals surface area contributed by atoms with Crippen molar-refractivity contribution in [1.82, 2.24) is 29.9 Å². The minimum absolute atomic E-state index is 0.0383. The van der Waals surface area contributed by atoms with E-state index in [1.807, 2.05) is 46.5 Å². The van der Waals surface area contributed by atoms with Gasteiger partial charge >= 0.3 is 0 Å². The summed E-state index contributed by atoms with van der Waals surface area (Å²) in [4.78, 5) is 37.1. The fourth-order valence-electron chi connectivity index (χ4n) is 5.51. The van der Waals surface area contributed by atoms with Gasteiger partial charge < -0.3 is 9.80 Å². The summed E-state index contributed by atoms with van der Waals surface area (Å²) >= 11 is 0. The number of H-pyrrole nitrogens is 1. The standard InChI is InChI=1S/C30H32N6O2/c1-21-5-7-22(8-6-21)19-34-11-13-35(14-12-34)30(38)24-4-2-3-23(15-24)16-28(37)36-10-9-26-25(20-36)17-31-29-27(26)18-32-33-29/h2-8,15,17-18H,9-14,16,19-20H2,1H3,(H,31,32,33). The van der Waals surface area contributed by atoms with Gasteiger partial charge in [-0.25, -0.2) is 4.98 Å². The largest absolute Gasteiger partial charge is 0.338 e. The Morgan fingerprint density at radius 3 is 2.55 bits per heavy atom. The lowest BCUT2D eigenvalue weighted by Crippen LogP contribution is -2.48. The number of benzene rings is 2. The molecule has 8 heteroatoms. The van der Waals surface area contributed by atoms with E-state index >= 15 is 0 Å². The molecular weight excluding hydrogens is 476 g/mol. The van der Waals surface area contributed by atoms with Crippen LogP contribution in [0.3, 0.4) is 0 Å². The van der Waals surface area contributed by atoms with Gasteiger partial charge in [-0.3, -0.25) is 19.6 Å². The van der Waals surface area contributed by atoms with Crippen molar-refractivity contribution in [2.24, 2.45) is 0 Å². The Hall–Kier alpha value is -4.04. The Kier molecular flexibility index (Phi) is 6.64. The smallest absolute Gasteiger partial charge is 0.253 e. The van der Waals surface area contributed by atoms with Crippen molar-refractivity contribution in [3.05, 3.63) is 94.3 Å². The summed E-state index contributed by atoms with van der Waals surface area (Å²) in [6.45, 7) is 7.35. The van der Waals surface area contributed by atoms with Crippen molar-refractivity contribution in [3.8, 4) is 0 Å². The monoisotopic (exact) mass is 508 g/mol. The predicted octanol–water partition coefficient (Wildman–Crippen LogP) is 3.35. The average molecular weight is 509 g/mol. The SMILES string of the molecule is Cc1ccc(CN2CCN(C(=O)c3cccc(CC(=O)N4CCc5c(cnc6[nH]ncc56)C4)c3)CC2)cc1. The van der Waals surface area contributed by atoms with Gasteiger partial charge in [-0.1, -0.05) is 42.0 Å². The Labute approximate surface area is 222 Å². The van der Waals surface area contributed by atoms with Crippen molar-refractivity contribution in [3.63, 3.8) is 0 Å². The van der Waals surface area contributed by atoms with Crippen LogP contribution in [0.2, 0.25) is 0 Å². The molecule has 8 nitrogen and oxygen atoms in total. The van der Waals surface area contributed by atoms with E-state index in [4.69, 9.17) is 0 Å². The zero-order valence-corrected chi connectivity index (χ0v) is 21.7. The van der Waals surface area contributed by atoms with Gasteiger partial charge in [0.1, 0.15) is 0 Å². The second-order valence-corrected chi connectivity index (χ2v) is 10.4. The number of hydrogen-bond acceptors (Lipinski definition) is 5. The third-order valence-corrected chi connectivity index (χ3v) is 7.74. The molecule has 0 unspecified atom stereocenters. The van der Waals surface area contributed by atoms with Crippen molar-refractivity contribution in [2.75, 3.05) is 32.7 Å². The molecule has 0 aliphatic carbocycles. The number of amides is 2. The summed E-state index contributed by atoms with van der Waals surface area (Å²) in [6.07, 6.45) is 4.72. The second kappa shape index (κ2) is 10.4. The van der Waals surface area contributed by atoms with Crippen molar-refractivity contribution in [2.45, 2.75) is 32.9 Å². The third-order valence-electron chi connectivity index (χ3n) is 7.74. The maximum Gasteiger partial charge on any atom is 0.253 e. The highest BCUT2D eigenvalue weighted by Gasteiger charge is 2.25. The number of aromatic nitrogens is 3. The molecule has 1 N–H and O–H groups in total. The highest BCUT2D eigenvalue weighted by Crippen LogP contribution is 2.25. The molecule has 6 rings (SSSR count). The van der Waals surface area contributed by atoms with Crippen LogP contribution in [0.25, 0.3) is 11.0 Å². The fourth-order valence-corrected chi connectivity index (χ4v) is 5.51. The van der Waals surface area contributed by atoms with Crippen LogP contribution in [0, 0.1) is 6.92 Å². The number of nitrogens with one attached hydrogen (secondary N) is 1. The van der Waals surface area contributed by atoms with Crippen molar-refractivity contribution in [1.29, 1.82) is 0 Å². The van der Waals surface area contributed by atoms with Gasteiger partial charge in [0.25, 0.3) is 5.91 Å². The maximum atomic E-state index is 13.3. The number of hydrogen-bond donors (Lipinski definition) is 1. The molecule has 1 fully saturated rings. The first-order chi connectivity index (χ1) is 18.5. The number of carbonyl (C=O) groups excluding carboxylic acids is 2. The summed E-state index contributed by atoms with van der Waals surface area (Å²) < 4.78 is 0. The van der Waals surface area contributed by atoms with Crippen molar-refractivity contribution >= 4 is 22.8 Å². The average Bonchev–Trinajstić information content (AvgIpc) is 3.44. The van der Waals surface area contributed by atoms with Gasteiger partial charge in [-0.15, -0.1) is 0 Å². The van der Waals surface area contributed by atoms with Crippen LogP contribution in [-0.4, -0.2) is 74.4 Å². The van der Waals surface area contributed by atoms with Crippen LogP contribution in [0.15, 0.2) is 60.9 Å². The van der Waals surface area contributed by atoms with Crippen LogP contribution < -0.4 is 0 Å². The number of aryl methyl sites for hydroxylation is 1. The molecule has 0 radical (unpaired) electrons. The molecule has 2 aliphatic heterocycles. The van der Waals surface area contributed by atoms with E-state index in [0.29, 0.717) is 31.7 Å². The number of aromatic amines is 1. The topological polar surface area (TPSA) is 85.4 Å². The fraction of sp³-hybridized carbons (Fsp3) is 0.333. The Morgan fingerprint density at radius 2 is 1.74 bits per heavy atom. The molecule has 0 atom stereocenters. The van der Waals surface area contributed by atoms with Crippen LogP contribution >= 0.6 is 0 Å². The Morgan fingerprint density at radius 1 is 0.921 bits per heavy atom. The van der Waals surface area contributed by atoms with E-state index in [9.17, 15) is 9.59 Å². The lowest BCUT2D eigenvalue weighted by atomic mass is 9.98. The van der Waals surface area contributed by atoms with Gasteiger partial charge in [0, 0.05) is 63.0 Å². The highest BCUT2D eigenvalue weighted by atomic mass is 16.2. The molecule has 2 aromatic heterocycles. The molecule has 0 bridgehead atoms. The lowest BCUT2D eigenvalue weighted by molar-refractivity contribution is -0.131. The summed E-state index contributed by atoms with van der Waals surface area (Å²) in [5.74, 6) is 0.105. The zero-order chi connectivity index (χ0) is 26.1. The van der Waals surface area contributed by atoms with E-state index in [2.05, 4.69) is 51.3 Å². The second-order valence-electron chi connectivity index (χ2n) is 10.4. The maximum absolute atomic E-state index is 13.3. The van der Waals surface area contributed by atoms with E-state index < -0.39 is 0 Å². The van der Waals surface area contributed by atoms with Gasteiger partial charge in [0.15, 0.2) is 5.65 Å². The summed E-state index contributed by atoms with van der Waals surface area (Å²) in [5, 5.41) is 8.05. The van der Waals surface area contributed by atoms with Gasteiger partial charge in [0.2, 0.25) is 5.91 Å². The van der Waals surface area contributed by atoms with Gasteiger partial charge in [0.05, 0.1) is 12.6 Å². The number of pyridine rings is 1. The number of nitrogens with zero attached hydrogens (tertiary/aromatic N) is 5. The molecule has 1 saturated heterocycles. The molecule has 2 amide bonds. The Balaban J connectivity index is 1.05. The first-order valence-electron chi connectivity index (χ1n) is 13.3. The minimum atomic E-state index is 0.0383. The zero-order valence-electron chi connectivity index (χ0n) is 21.7. The van der Waals surface area contributed by atoms with Gasteiger partial charge in [-0.05, 0) is 47.7 Å². The van der Waals surface area contributed by atoms with E-state index in [1.165, 1.54) is 16.7 Å². The first-order valence-corrected chi connectivity index (χ1v) is 13.3. The van der Waals surface area contributed by atoms with Gasteiger partial charge in [-0.2, -0.15) is 5.10 Å². The molecule has 2 aromatic carbocycles. The summed E-state index contributed by atoms with van der Waals surface area (Å²) in [6, 6.07) is 16.2. The van der Waals surface area contributed by atoms with E-state index in [0.717, 1.165) is 48.2 Å². The molecule has 0 spiro atoms. The molecule has 4 aromatic rings. The normalized spacial score (nSPS) is 16.0. The number of fused-ring (bicyclic) bond motifs is 3. The molecule has 194 valence electrons. The number of piperazine rings is 1. The van der Waals surface area contributed by atoms with Crippen LogP contribution in [0.5, 0.6) is 0 Å². The quantitative estimate of drug-likeness (QED) is 0.447. The first kappa shape index (κ1) is 24.3. The molecule has 2 aliphatic rings. The van der Waals surface area contributed by atoms with E-state index in [1.54, 1.807) is 0 Å². The summed E-state index contributed by atoms with van der Waals surface area (Å²) in [7, 11) is 0. The molecule has 38 heavy (non-hydrogen) atoms. The minimum Gasteiger partial charge on any atom is -0.338 e. The highest BCUT2D eigenvalue weighted by molar-refractivity contribution is 5.94. The van der Waals surface area contributed by atoms with Crippen LogP contribution in [0.1, 0.15) is 38.2 Å².